The van der Waals surface area contributed by atoms with Gasteiger partial charge in [-0.05, 0) is 12.5 Å². The highest BCUT2D eigenvalue weighted by Gasteiger charge is 2.22. The van der Waals surface area contributed by atoms with Crippen LogP contribution < -0.4 is 0 Å². The van der Waals surface area contributed by atoms with E-state index in [-0.39, 0.29) is 5.76 Å². The first-order chi connectivity index (χ1) is 5.61. The average Bonchev–Trinajstić information content (AvgIpc) is 1.98. The summed E-state index contributed by atoms with van der Waals surface area (Å²) in [4.78, 5) is 12.4. The van der Waals surface area contributed by atoms with Crippen LogP contribution in [0.25, 0.3) is 0 Å². The van der Waals surface area contributed by atoms with E-state index in [1.165, 1.54) is 11.0 Å². The number of hydrogen-bond donors (Lipinski definition) is 0. The molecule has 1 aliphatic heterocycles. The van der Waals surface area contributed by atoms with E-state index in [0.29, 0.717) is 13.0 Å². The molecule has 0 aromatic rings. The van der Waals surface area contributed by atoms with Gasteiger partial charge in [-0.15, -0.1) is 0 Å². The molecular formula is C7H9F2NO2. The lowest BCUT2D eigenvalue weighted by Crippen LogP contribution is -2.33. The topological polar surface area (TPSA) is 29.5 Å². The third kappa shape index (κ3) is 1.93. The van der Waals surface area contributed by atoms with Crippen LogP contribution in [0.3, 0.4) is 0 Å². The highest BCUT2D eigenvalue weighted by molar-refractivity contribution is 5.91. The Morgan fingerprint density at radius 1 is 1.67 bits per heavy atom. The molecule has 3 nitrogen and oxygen atoms in total. The SMILES string of the molecule is CN1CCC=C(OC(F)F)C1=O. The van der Waals surface area contributed by atoms with E-state index in [1.807, 2.05) is 0 Å². The average molecular weight is 177 g/mol. The van der Waals surface area contributed by atoms with Crippen molar-refractivity contribution in [2.24, 2.45) is 0 Å². The molecule has 0 N–H and O–H groups in total. The molecule has 0 radical (unpaired) electrons. The lowest BCUT2D eigenvalue weighted by molar-refractivity contribution is -0.143. The lowest BCUT2D eigenvalue weighted by Gasteiger charge is -2.22. The van der Waals surface area contributed by atoms with Crippen LogP contribution in [0.15, 0.2) is 11.8 Å². The molecule has 0 bridgehead atoms. The first kappa shape index (κ1) is 8.96. The monoisotopic (exact) mass is 177 g/mol. The fraction of sp³-hybridized carbons (Fsp3) is 0.571. The summed E-state index contributed by atoms with van der Waals surface area (Å²) in [5, 5.41) is 0. The summed E-state index contributed by atoms with van der Waals surface area (Å²) in [6, 6.07) is 0. The van der Waals surface area contributed by atoms with Crippen LogP contribution >= 0.6 is 0 Å². The number of carbonyl (C=O) groups excluding carboxylic acids is 1. The lowest BCUT2D eigenvalue weighted by atomic mass is 10.2. The molecule has 0 aromatic heterocycles. The summed E-state index contributed by atoms with van der Waals surface area (Å²) in [6.45, 7) is -2.37. The summed E-state index contributed by atoms with van der Waals surface area (Å²) < 4.78 is 27.4. The van der Waals surface area contributed by atoms with E-state index in [9.17, 15) is 13.6 Å². The first-order valence-electron chi connectivity index (χ1n) is 3.51. The van der Waals surface area contributed by atoms with E-state index < -0.39 is 12.5 Å². The molecule has 0 aliphatic carbocycles. The number of alkyl halides is 2. The van der Waals surface area contributed by atoms with Crippen LogP contribution in [0.4, 0.5) is 8.78 Å². The van der Waals surface area contributed by atoms with Crippen molar-refractivity contribution in [2.75, 3.05) is 13.6 Å². The minimum absolute atomic E-state index is 0.251. The van der Waals surface area contributed by atoms with Crippen molar-refractivity contribution in [2.45, 2.75) is 13.0 Å². The predicted octanol–water partition coefficient (Wildman–Crippen LogP) is 0.972. The Morgan fingerprint density at radius 3 is 2.92 bits per heavy atom. The molecule has 0 aromatic carbocycles. The van der Waals surface area contributed by atoms with Crippen LogP contribution in [0.5, 0.6) is 0 Å². The number of carbonyl (C=O) groups is 1. The van der Waals surface area contributed by atoms with Gasteiger partial charge in [0.1, 0.15) is 0 Å². The van der Waals surface area contributed by atoms with E-state index in [1.54, 1.807) is 7.05 Å². The maximum absolute atomic E-state index is 11.7. The van der Waals surface area contributed by atoms with Gasteiger partial charge in [0.25, 0.3) is 5.91 Å². The van der Waals surface area contributed by atoms with Gasteiger partial charge < -0.3 is 9.64 Å². The predicted molar refractivity (Wildman–Crippen MR) is 37.4 cm³/mol. The van der Waals surface area contributed by atoms with Crippen LogP contribution in [-0.2, 0) is 9.53 Å². The molecule has 1 rings (SSSR count). The second-order valence-electron chi connectivity index (χ2n) is 2.46. The van der Waals surface area contributed by atoms with Crippen molar-refractivity contribution < 1.29 is 18.3 Å². The van der Waals surface area contributed by atoms with Gasteiger partial charge >= 0.3 is 6.61 Å². The normalized spacial score (nSPS) is 18.2. The standard InChI is InChI=1S/C7H9F2NO2/c1-10-4-2-3-5(6(10)11)12-7(8)9/h3,7H,2,4H2,1H3. The Balaban J connectivity index is 2.63. The summed E-state index contributed by atoms with van der Waals surface area (Å²) in [5.74, 6) is -0.736. The number of likely N-dealkylation sites (N-methyl/N-ethyl adjacent to an activating group) is 1. The molecule has 0 spiro atoms. The molecule has 0 saturated carbocycles. The Bertz CT molecular complexity index is 215. The van der Waals surface area contributed by atoms with Crippen LogP contribution in [0, 0.1) is 0 Å². The zero-order valence-corrected chi connectivity index (χ0v) is 6.59. The highest BCUT2D eigenvalue weighted by atomic mass is 19.3. The molecule has 1 heterocycles. The van der Waals surface area contributed by atoms with E-state index in [4.69, 9.17) is 0 Å². The van der Waals surface area contributed by atoms with Gasteiger partial charge in [-0.2, -0.15) is 8.78 Å². The molecule has 0 fully saturated rings. The maximum atomic E-state index is 11.7. The fourth-order valence-corrected chi connectivity index (χ4v) is 0.961. The number of halogens is 2. The van der Waals surface area contributed by atoms with Crippen molar-refractivity contribution in [1.82, 2.24) is 4.90 Å². The number of nitrogens with zero attached hydrogens (tertiary/aromatic N) is 1. The molecule has 1 amide bonds. The maximum Gasteiger partial charge on any atom is 0.387 e. The minimum atomic E-state index is -2.92. The molecule has 12 heavy (non-hydrogen) atoms. The molecular weight excluding hydrogens is 168 g/mol. The molecule has 0 atom stereocenters. The van der Waals surface area contributed by atoms with Gasteiger partial charge in [-0.3, -0.25) is 4.79 Å². The van der Waals surface area contributed by atoms with Crippen LogP contribution in [0.1, 0.15) is 6.42 Å². The third-order valence-corrected chi connectivity index (χ3v) is 1.57. The number of amides is 1. The highest BCUT2D eigenvalue weighted by Crippen LogP contribution is 2.13. The minimum Gasteiger partial charge on any atom is -0.429 e. The van der Waals surface area contributed by atoms with Crippen molar-refractivity contribution in [3.8, 4) is 0 Å². The summed E-state index contributed by atoms with van der Waals surface area (Å²) in [6.07, 6.45) is 1.94. The molecule has 5 heteroatoms. The first-order valence-corrected chi connectivity index (χ1v) is 3.51. The number of rotatable bonds is 2. The van der Waals surface area contributed by atoms with Gasteiger partial charge in [0.15, 0.2) is 5.76 Å². The summed E-state index contributed by atoms with van der Waals surface area (Å²) in [5.41, 5.74) is 0. The zero-order chi connectivity index (χ0) is 9.14. The molecule has 0 unspecified atom stereocenters. The summed E-state index contributed by atoms with van der Waals surface area (Å²) in [7, 11) is 1.55. The Morgan fingerprint density at radius 2 is 2.33 bits per heavy atom. The Labute approximate surface area is 68.6 Å². The van der Waals surface area contributed by atoms with Crippen molar-refractivity contribution in [1.29, 1.82) is 0 Å². The van der Waals surface area contributed by atoms with E-state index >= 15 is 0 Å². The molecule has 0 saturated heterocycles. The Kier molecular flexibility index (Phi) is 2.62. The number of ether oxygens (including phenoxy) is 1. The second kappa shape index (κ2) is 3.51. The van der Waals surface area contributed by atoms with Gasteiger partial charge in [-0.25, -0.2) is 0 Å². The van der Waals surface area contributed by atoms with Crippen LogP contribution in [0.2, 0.25) is 0 Å². The van der Waals surface area contributed by atoms with E-state index in [2.05, 4.69) is 4.74 Å². The summed E-state index contributed by atoms with van der Waals surface area (Å²) >= 11 is 0. The third-order valence-electron chi connectivity index (χ3n) is 1.57. The van der Waals surface area contributed by atoms with E-state index in [0.717, 1.165) is 0 Å². The van der Waals surface area contributed by atoms with Crippen LogP contribution in [-0.4, -0.2) is 31.0 Å². The quantitative estimate of drug-likeness (QED) is 0.629. The largest absolute Gasteiger partial charge is 0.429 e. The zero-order valence-electron chi connectivity index (χ0n) is 6.59. The van der Waals surface area contributed by atoms with Gasteiger partial charge in [0.05, 0.1) is 0 Å². The molecule has 1 aliphatic rings. The van der Waals surface area contributed by atoms with Crippen molar-refractivity contribution in [3.63, 3.8) is 0 Å². The van der Waals surface area contributed by atoms with Crippen molar-refractivity contribution in [3.05, 3.63) is 11.8 Å². The van der Waals surface area contributed by atoms with Crippen molar-refractivity contribution >= 4 is 5.91 Å². The van der Waals surface area contributed by atoms with Gasteiger partial charge in [-0.1, -0.05) is 0 Å². The van der Waals surface area contributed by atoms with Gasteiger partial charge in [0.2, 0.25) is 0 Å². The fourth-order valence-electron chi connectivity index (χ4n) is 0.961. The Hall–Kier alpha value is -1.13. The van der Waals surface area contributed by atoms with Gasteiger partial charge in [0, 0.05) is 13.6 Å². The smallest absolute Gasteiger partial charge is 0.387 e. The molecule has 68 valence electrons. The second-order valence-corrected chi connectivity index (χ2v) is 2.46. The number of hydrogen-bond acceptors (Lipinski definition) is 2.